The van der Waals surface area contributed by atoms with Gasteiger partial charge in [-0.3, -0.25) is 18.5 Å². The highest BCUT2D eigenvalue weighted by molar-refractivity contribution is 6.52. The molecule has 2 radical (unpaired) electrons. The number of fused-ring (bicyclic) bond motifs is 3. The van der Waals surface area contributed by atoms with Crippen molar-refractivity contribution in [2.45, 2.75) is 18.3 Å². The number of aromatic nitrogens is 4. The Morgan fingerprint density at radius 1 is 1.03 bits per heavy atom. The van der Waals surface area contributed by atoms with Gasteiger partial charge in [0, 0.05) is 11.6 Å². The second-order valence-electron chi connectivity index (χ2n) is 8.70. The minimum absolute atomic E-state index is 0.00631. The number of rotatable bonds is 3. The molecular weight excluding hydrogens is 395 g/mol. The fraction of sp³-hybridized carbons (Fsp3) is 0.192. The van der Waals surface area contributed by atoms with Crippen LogP contribution in [0.3, 0.4) is 0 Å². The van der Waals surface area contributed by atoms with Crippen molar-refractivity contribution in [2.24, 2.45) is 14.1 Å². The summed E-state index contributed by atoms with van der Waals surface area (Å²) < 4.78 is 6.12. The molecule has 0 N–H and O–H groups in total. The van der Waals surface area contributed by atoms with Crippen LogP contribution < -0.4 is 15.9 Å². The van der Waals surface area contributed by atoms with Crippen LogP contribution in [-0.4, -0.2) is 21.4 Å². The van der Waals surface area contributed by atoms with Crippen LogP contribution in [0.4, 0.5) is 0 Å². The molecule has 6 heteroatoms. The number of nitrogens with zero attached hydrogens (tertiary/aromatic N) is 4. The van der Waals surface area contributed by atoms with Crippen molar-refractivity contribution in [3.63, 3.8) is 0 Å². The fourth-order valence-electron chi connectivity index (χ4n) is 5.08. The molecule has 0 amide bonds. The van der Waals surface area contributed by atoms with Crippen LogP contribution in [0.2, 0.25) is 5.82 Å². The Labute approximate surface area is 186 Å². The topological polar surface area (TPSA) is 43.7 Å². The van der Waals surface area contributed by atoms with Gasteiger partial charge in [-0.05, 0) is 35.0 Å². The van der Waals surface area contributed by atoms with Gasteiger partial charge in [0.05, 0.1) is 25.0 Å². The van der Waals surface area contributed by atoms with Crippen LogP contribution in [0, 0.1) is 0 Å². The van der Waals surface area contributed by atoms with Gasteiger partial charge in [-0.1, -0.05) is 54.6 Å². The van der Waals surface area contributed by atoms with Crippen LogP contribution in [-0.2, 0) is 20.6 Å². The third-order valence-corrected chi connectivity index (χ3v) is 6.72. The molecule has 3 heterocycles. The molecule has 1 aliphatic heterocycles. The van der Waals surface area contributed by atoms with E-state index in [0.717, 1.165) is 17.1 Å². The second-order valence-corrected chi connectivity index (χ2v) is 8.70. The molecule has 32 heavy (non-hydrogen) atoms. The van der Waals surface area contributed by atoms with Gasteiger partial charge < -0.3 is 0 Å². The number of hydrogen-bond donors (Lipinski definition) is 0. The minimum Gasteiger partial charge on any atom is -0.299 e. The predicted octanol–water partition coefficient (Wildman–Crippen LogP) is 2.68. The zero-order valence-electron chi connectivity index (χ0n) is 18.1. The van der Waals surface area contributed by atoms with Gasteiger partial charge >= 0.3 is 0 Å². The van der Waals surface area contributed by atoms with Crippen molar-refractivity contribution >= 4 is 34.7 Å². The van der Waals surface area contributed by atoms with Crippen molar-refractivity contribution in [3.8, 4) is 0 Å². The summed E-state index contributed by atoms with van der Waals surface area (Å²) >= 11 is 0. The van der Waals surface area contributed by atoms with E-state index in [-0.39, 0.29) is 17.3 Å². The van der Waals surface area contributed by atoms with Gasteiger partial charge in [0.1, 0.15) is 18.2 Å². The largest absolute Gasteiger partial charge is 0.299 e. The summed E-state index contributed by atoms with van der Waals surface area (Å²) in [5.41, 5.74) is 3.12. The number of hydrogen-bond acceptors (Lipinski definition) is 2. The summed E-state index contributed by atoms with van der Waals surface area (Å²) in [5, 5.41) is 3.10. The maximum absolute atomic E-state index is 13.4. The smallest absolute Gasteiger partial charge is 0.261 e. The van der Waals surface area contributed by atoms with E-state index in [2.05, 4.69) is 85.4 Å². The lowest BCUT2D eigenvalue weighted by molar-refractivity contribution is -0.653. The zero-order chi connectivity index (χ0) is 21.8. The van der Waals surface area contributed by atoms with Crippen molar-refractivity contribution in [3.05, 3.63) is 101 Å². The first-order valence-corrected chi connectivity index (χ1v) is 10.9. The Morgan fingerprint density at radius 3 is 2.62 bits per heavy atom. The Morgan fingerprint density at radius 2 is 1.81 bits per heavy atom. The summed E-state index contributed by atoms with van der Waals surface area (Å²) in [6, 6.07) is 22.7. The second kappa shape index (κ2) is 7.19. The van der Waals surface area contributed by atoms with Crippen LogP contribution in [0.5, 0.6) is 0 Å². The van der Waals surface area contributed by atoms with Crippen molar-refractivity contribution in [1.29, 1.82) is 0 Å². The van der Waals surface area contributed by atoms with E-state index in [0.29, 0.717) is 11.9 Å². The molecule has 2 aromatic heterocycles. The van der Waals surface area contributed by atoms with Gasteiger partial charge in [0.15, 0.2) is 0 Å². The van der Waals surface area contributed by atoms with E-state index in [9.17, 15) is 4.79 Å². The van der Waals surface area contributed by atoms with Gasteiger partial charge in [-0.15, -0.1) is 0 Å². The molecule has 0 saturated carbocycles. The lowest BCUT2D eigenvalue weighted by atomic mass is 9.58. The monoisotopic (exact) mass is 418 g/mol. The van der Waals surface area contributed by atoms with Gasteiger partial charge in [-0.25, -0.2) is 4.98 Å². The van der Waals surface area contributed by atoms with E-state index in [1.165, 1.54) is 16.3 Å². The standard InChI is InChI=1S/C26H23BN4O/c1-29-13-14-30(2)26(29)27-21-16-31-24(28-22-10-6-5-9-20(22)25(31)32)23(21)19-12-11-17-7-3-4-8-18(17)15-19/h3-15,21,23H,16H2,1-2H3/t21-,23+/m0/s1. The van der Waals surface area contributed by atoms with Crippen LogP contribution in [0.1, 0.15) is 17.3 Å². The lowest BCUT2D eigenvalue weighted by Gasteiger charge is -2.28. The highest BCUT2D eigenvalue weighted by Crippen LogP contribution is 2.41. The molecule has 0 saturated heterocycles. The van der Waals surface area contributed by atoms with E-state index >= 15 is 0 Å². The fourth-order valence-corrected chi connectivity index (χ4v) is 5.08. The number of imidazole rings is 1. The summed E-state index contributed by atoms with van der Waals surface area (Å²) in [6.45, 7) is 0.620. The van der Waals surface area contributed by atoms with E-state index in [1.807, 2.05) is 28.8 Å². The first-order chi connectivity index (χ1) is 15.6. The SMILES string of the molecule is Cn1cc[n+](C)c1[B-][C@H]1Cn2c(nc3ccccc3c2=O)[C@@H]1c1ccc2ccccc2c1. The third kappa shape index (κ3) is 2.90. The first kappa shape index (κ1) is 19.1. The van der Waals surface area contributed by atoms with Gasteiger partial charge in [0.25, 0.3) is 5.56 Å². The molecule has 1 aliphatic rings. The molecule has 6 rings (SSSR count). The number of aryl methyl sites for hydroxylation is 2. The molecule has 0 unspecified atom stereocenters. The van der Waals surface area contributed by atoms with Gasteiger partial charge in [0.2, 0.25) is 0 Å². The average molecular weight is 418 g/mol. The Hall–Kier alpha value is -3.67. The van der Waals surface area contributed by atoms with Crippen molar-refractivity contribution < 1.29 is 4.57 Å². The van der Waals surface area contributed by atoms with Gasteiger partial charge in [-0.2, -0.15) is 13.1 Å². The minimum atomic E-state index is 0.00631. The third-order valence-electron chi connectivity index (χ3n) is 6.72. The molecule has 5 nitrogen and oxygen atoms in total. The van der Waals surface area contributed by atoms with E-state index in [4.69, 9.17) is 4.98 Å². The summed E-state index contributed by atoms with van der Waals surface area (Å²) in [5.74, 6) is 0.974. The van der Waals surface area contributed by atoms with Crippen LogP contribution >= 0.6 is 0 Å². The van der Waals surface area contributed by atoms with Crippen LogP contribution in [0.25, 0.3) is 21.7 Å². The van der Waals surface area contributed by atoms with Crippen molar-refractivity contribution in [1.82, 2.24) is 14.1 Å². The summed E-state index contributed by atoms with van der Waals surface area (Å²) in [4.78, 5) is 18.4. The van der Waals surface area contributed by atoms with E-state index < -0.39 is 0 Å². The molecule has 3 aromatic carbocycles. The van der Waals surface area contributed by atoms with E-state index in [1.54, 1.807) is 0 Å². The number of para-hydroxylation sites is 1. The average Bonchev–Trinajstić information content (AvgIpc) is 3.34. The molecule has 156 valence electrons. The highest BCUT2D eigenvalue weighted by Gasteiger charge is 2.32. The molecule has 0 spiro atoms. The quantitative estimate of drug-likeness (QED) is 0.334. The zero-order valence-corrected chi connectivity index (χ0v) is 18.1. The van der Waals surface area contributed by atoms with Crippen LogP contribution in [0.15, 0.2) is 83.9 Å². The maximum atomic E-state index is 13.4. The molecule has 0 bridgehead atoms. The maximum Gasteiger partial charge on any atom is 0.261 e. The Bertz CT molecular complexity index is 1530. The Balaban J connectivity index is 1.55. The molecule has 2 atom stereocenters. The normalized spacial score (nSPS) is 17.8. The highest BCUT2D eigenvalue weighted by atomic mass is 16.1. The predicted molar refractivity (Wildman–Crippen MR) is 128 cm³/mol. The lowest BCUT2D eigenvalue weighted by Crippen LogP contribution is -2.51. The summed E-state index contributed by atoms with van der Waals surface area (Å²) in [6.07, 6.45) is 4.11. The molecule has 0 fully saturated rings. The first-order valence-electron chi connectivity index (χ1n) is 10.9. The number of benzene rings is 3. The molecular formula is C26H23BN4O. The molecule has 5 aromatic rings. The summed E-state index contributed by atoms with van der Waals surface area (Å²) in [7, 11) is 6.40. The van der Waals surface area contributed by atoms with Crippen molar-refractivity contribution in [2.75, 3.05) is 0 Å². The molecule has 0 aliphatic carbocycles. The Kier molecular flexibility index (Phi) is 4.28.